The van der Waals surface area contributed by atoms with E-state index < -0.39 is 23.4 Å². The van der Waals surface area contributed by atoms with Crippen molar-refractivity contribution in [3.8, 4) is 0 Å². The zero-order valence-corrected chi connectivity index (χ0v) is 18.3. The van der Waals surface area contributed by atoms with Gasteiger partial charge < -0.3 is 9.73 Å². The molecule has 3 amide bonds. The lowest BCUT2D eigenvalue weighted by atomic mass is 10.1. The van der Waals surface area contributed by atoms with E-state index in [0.29, 0.717) is 10.4 Å². The van der Waals surface area contributed by atoms with Crippen LogP contribution in [-0.2, 0) is 9.59 Å². The van der Waals surface area contributed by atoms with Gasteiger partial charge in [-0.05, 0) is 65.2 Å². The highest BCUT2D eigenvalue weighted by Crippen LogP contribution is 2.16. The quantitative estimate of drug-likeness (QED) is 0.605. The maximum absolute atomic E-state index is 12.2. The molecule has 0 saturated heterocycles. The van der Waals surface area contributed by atoms with Crippen molar-refractivity contribution in [1.29, 1.82) is 5.41 Å². The normalized spacial score (nSPS) is 15.0. The molecular formula is C19H16BrN5O4S. The first-order chi connectivity index (χ1) is 14.2. The van der Waals surface area contributed by atoms with Crippen LogP contribution in [0.2, 0.25) is 0 Å². The molecule has 0 aliphatic carbocycles. The van der Waals surface area contributed by atoms with Gasteiger partial charge in [0.05, 0.1) is 5.75 Å². The van der Waals surface area contributed by atoms with Gasteiger partial charge in [0.2, 0.25) is 5.91 Å². The molecule has 9 nitrogen and oxygen atoms in total. The standard InChI is InChI=1S/C19H16BrN5O4S/c1-9-5-10(2)7-11(6-9)22-14(26)8-30-19-24-16(21)15(18(28)25-19)23-17(27)12-3-4-13(20)29-12/h3-7H,8H2,1-2H3,(H,22,26)(H2,21,24,25,28). The molecule has 0 bridgehead atoms. The second-order valence-electron chi connectivity index (χ2n) is 6.30. The molecule has 0 atom stereocenters. The van der Waals surface area contributed by atoms with E-state index in [0.717, 1.165) is 22.9 Å². The summed E-state index contributed by atoms with van der Waals surface area (Å²) in [7, 11) is 0. The predicted octanol–water partition coefficient (Wildman–Crippen LogP) is 3.08. The van der Waals surface area contributed by atoms with Crippen molar-refractivity contribution in [1.82, 2.24) is 5.32 Å². The maximum atomic E-state index is 12.2. The third-order valence-electron chi connectivity index (χ3n) is 3.72. The van der Waals surface area contributed by atoms with E-state index >= 15 is 0 Å². The van der Waals surface area contributed by atoms with Crippen LogP contribution in [0.15, 0.2) is 49.4 Å². The van der Waals surface area contributed by atoms with Gasteiger partial charge in [-0.15, -0.1) is 0 Å². The molecule has 0 fully saturated rings. The number of hydrogen-bond donors (Lipinski definition) is 3. The topological polar surface area (TPSA) is 137 Å². The molecule has 30 heavy (non-hydrogen) atoms. The molecule has 0 unspecified atom stereocenters. The Morgan fingerprint density at radius 3 is 2.57 bits per heavy atom. The van der Waals surface area contributed by atoms with Crippen molar-refractivity contribution in [3.05, 3.63) is 51.9 Å². The van der Waals surface area contributed by atoms with E-state index in [1.807, 2.05) is 32.0 Å². The molecule has 11 heteroatoms. The van der Waals surface area contributed by atoms with E-state index in [1.165, 1.54) is 12.1 Å². The minimum Gasteiger partial charge on any atom is -0.444 e. The summed E-state index contributed by atoms with van der Waals surface area (Å²) >= 11 is 4.03. The Labute approximate surface area is 184 Å². The number of thioether (sulfide) groups is 1. The lowest BCUT2D eigenvalue weighted by Gasteiger charge is -2.14. The molecule has 1 aromatic carbocycles. The Morgan fingerprint density at radius 2 is 1.97 bits per heavy atom. The van der Waals surface area contributed by atoms with Gasteiger partial charge in [-0.1, -0.05) is 17.8 Å². The first-order valence-electron chi connectivity index (χ1n) is 8.59. The Morgan fingerprint density at radius 1 is 1.27 bits per heavy atom. The third-order valence-corrected chi connectivity index (χ3v) is 5.02. The third kappa shape index (κ3) is 5.51. The predicted molar refractivity (Wildman–Crippen MR) is 118 cm³/mol. The summed E-state index contributed by atoms with van der Waals surface area (Å²) in [6, 6.07) is 8.59. The summed E-state index contributed by atoms with van der Waals surface area (Å²) in [5.41, 5.74) is 2.30. The largest absolute Gasteiger partial charge is 0.444 e. The molecule has 0 saturated carbocycles. The Bertz CT molecular complexity index is 1100. The minimum atomic E-state index is -0.810. The fraction of sp³-hybridized carbons (Fsp3) is 0.158. The van der Waals surface area contributed by atoms with E-state index in [4.69, 9.17) is 9.83 Å². The molecular weight excluding hydrogens is 474 g/mol. The van der Waals surface area contributed by atoms with Gasteiger partial charge >= 0.3 is 5.91 Å². The summed E-state index contributed by atoms with van der Waals surface area (Å²) in [5, 5.41) is 13.2. The van der Waals surface area contributed by atoms with Crippen molar-refractivity contribution >= 4 is 67.8 Å². The number of nitrogens with zero attached hydrogens (tertiary/aromatic N) is 2. The number of aryl methyl sites for hydroxylation is 2. The van der Waals surface area contributed by atoms with E-state index in [2.05, 4.69) is 36.5 Å². The number of rotatable bonds is 4. The summed E-state index contributed by atoms with van der Waals surface area (Å²) in [5.74, 6) is -2.44. The molecule has 3 N–H and O–H groups in total. The van der Waals surface area contributed by atoms with E-state index in [1.54, 1.807) is 0 Å². The van der Waals surface area contributed by atoms with E-state index in [9.17, 15) is 14.4 Å². The summed E-state index contributed by atoms with van der Waals surface area (Å²) in [4.78, 5) is 44.0. The monoisotopic (exact) mass is 489 g/mol. The summed E-state index contributed by atoms with van der Waals surface area (Å²) in [6.07, 6.45) is 0. The van der Waals surface area contributed by atoms with Gasteiger partial charge in [0.25, 0.3) is 5.91 Å². The molecule has 154 valence electrons. The van der Waals surface area contributed by atoms with Crippen molar-refractivity contribution in [2.75, 3.05) is 11.1 Å². The molecule has 1 aromatic heterocycles. The number of halogens is 1. The molecule has 3 rings (SSSR count). The molecule has 1 aliphatic rings. The summed E-state index contributed by atoms with van der Waals surface area (Å²) < 4.78 is 5.42. The number of amides is 3. The average Bonchev–Trinajstić information content (AvgIpc) is 3.08. The zero-order valence-electron chi connectivity index (χ0n) is 15.9. The number of aliphatic imine (C=N–C) groups is 2. The fourth-order valence-electron chi connectivity index (χ4n) is 2.58. The highest BCUT2D eigenvalue weighted by atomic mass is 79.9. The minimum absolute atomic E-state index is 0.0226. The van der Waals surface area contributed by atoms with Gasteiger partial charge in [-0.25, -0.2) is 4.99 Å². The highest BCUT2D eigenvalue weighted by Gasteiger charge is 2.27. The first-order valence-corrected chi connectivity index (χ1v) is 10.4. The van der Waals surface area contributed by atoms with Crippen molar-refractivity contribution in [3.63, 3.8) is 0 Å². The lowest BCUT2D eigenvalue weighted by molar-refractivity contribution is -0.114. The van der Waals surface area contributed by atoms with Crippen LogP contribution in [0.4, 0.5) is 5.69 Å². The fourth-order valence-corrected chi connectivity index (χ4v) is 3.55. The van der Waals surface area contributed by atoms with Crippen molar-refractivity contribution in [2.24, 2.45) is 9.98 Å². The van der Waals surface area contributed by atoms with Crippen LogP contribution in [0, 0.1) is 19.3 Å². The van der Waals surface area contributed by atoms with Gasteiger partial charge in [-0.2, -0.15) is 4.99 Å². The van der Waals surface area contributed by atoms with Crippen LogP contribution in [0.1, 0.15) is 21.7 Å². The molecule has 0 spiro atoms. The van der Waals surface area contributed by atoms with Gasteiger partial charge in [0.15, 0.2) is 27.1 Å². The number of furan rings is 1. The first kappa shape index (κ1) is 21.7. The Balaban J connectivity index is 1.62. The molecule has 0 radical (unpaired) electrons. The number of carbonyl (C=O) groups excluding carboxylic acids is 3. The Kier molecular flexibility index (Phi) is 6.63. The van der Waals surface area contributed by atoms with Gasteiger partial charge in [-0.3, -0.25) is 25.1 Å². The zero-order chi connectivity index (χ0) is 21.8. The van der Waals surface area contributed by atoms with Crippen molar-refractivity contribution in [2.45, 2.75) is 13.8 Å². The maximum Gasteiger partial charge on any atom is 0.313 e. The number of anilines is 1. The highest BCUT2D eigenvalue weighted by molar-refractivity contribution is 9.10. The SMILES string of the molecule is Cc1cc(C)cc(NC(=O)CSC2=NC(=N)C(=NC(=O)c3ccc(Br)o3)C(=O)N2)c1. The number of carbonyl (C=O) groups is 3. The lowest BCUT2D eigenvalue weighted by Crippen LogP contribution is -2.43. The van der Waals surface area contributed by atoms with Crippen LogP contribution in [0.3, 0.4) is 0 Å². The second-order valence-corrected chi connectivity index (χ2v) is 8.05. The van der Waals surface area contributed by atoms with Crippen LogP contribution in [0.25, 0.3) is 0 Å². The van der Waals surface area contributed by atoms with Crippen LogP contribution in [0.5, 0.6) is 0 Å². The van der Waals surface area contributed by atoms with E-state index in [-0.39, 0.29) is 22.6 Å². The number of hydrogen-bond acceptors (Lipinski definition) is 6. The molecule has 2 heterocycles. The number of amidine groups is 2. The van der Waals surface area contributed by atoms with Crippen molar-refractivity contribution < 1.29 is 18.8 Å². The van der Waals surface area contributed by atoms with Gasteiger partial charge in [0.1, 0.15) is 0 Å². The summed E-state index contributed by atoms with van der Waals surface area (Å²) in [6.45, 7) is 3.87. The number of nitrogens with one attached hydrogen (secondary N) is 3. The second kappa shape index (κ2) is 9.18. The Hall–Kier alpha value is -3.05. The van der Waals surface area contributed by atoms with Gasteiger partial charge in [0, 0.05) is 5.69 Å². The van der Waals surface area contributed by atoms with Crippen LogP contribution in [-0.4, -0.2) is 40.2 Å². The number of benzene rings is 1. The average molecular weight is 490 g/mol. The van der Waals surface area contributed by atoms with Crippen LogP contribution >= 0.6 is 27.7 Å². The van der Waals surface area contributed by atoms with Crippen LogP contribution < -0.4 is 10.6 Å². The molecule has 1 aliphatic heterocycles. The molecule has 2 aromatic rings. The smallest absolute Gasteiger partial charge is 0.313 e.